The Kier molecular flexibility index (Phi) is 5.21. The van der Waals surface area contributed by atoms with Crippen molar-refractivity contribution < 1.29 is 22.4 Å². The number of hydrogen-bond donors (Lipinski definition) is 0. The standard InChI is InChI=1S/C21H23NO5S/c1-13(15-6-9-17(10-7-15)28(5,24)25)22(3)21(23)20-14(2)27-19-11-8-16(26-4)12-18(19)20/h6-13H,1-5H3. The van der Waals surface area contributed by atoms with Crippen LogP contribution in [0.3, 0.4) is 0 Å². The van der Waals surface area contributed by atoms with Crippen LogP contribution in [0.15, 0.2) is 51.8 Å². The molecule has 0 saturated carbocycles. The maximum Gasteiger partial charge on any atom is 0.258 e. The number of rotatable bonds is 5. The SMILES string of the molecule is COc1ccc2oc(C)c(C(=O)N(C)C(C)c3ccc(S(C)(=O)=O)cc3)c2c1. The van der Waals surface area contributed by atoms with Gasteiger partial charge in [-0.1, -0.05) is 12.1 Å². The molecule has 6 nitrogen and oxygen atoms in total. The van der Waals surface area contributed by atoms with Crippen LogP contribution < -0.4 is 4.74 Å². The smallest absolute Gasteiger partial charge is 0.258 e. The number of hydrogen-bond acceptors (Lipinski definition) is 5. The highest BCUT2D eigenvalue weighted by Gasteiger charge is 2.25. The number of nitrogens with zero attached hydrogens (tertiary/aromatic N) is 1. The van der Waals surface area contributed by atoms with Gasteiger partial charge in [-0.3, -0.25) is 4.79 Å². The van der Waals surface area contributed by atoms with E-state index in [-0.39, 0.29) is 16.8 Å². The molecular weight excluding hydrogens is 378 g/mol. The number of carbonyl (C=O) groups excluding carboxylic acids is 1. The third-order valence-electron chi connectivity index (χ3n) is 4.98. The maximum absolute atomic E-state index is 13.2. The molecule has 1 atom stereocenters. The molecule has 3 aromatic rings. The van der Waals surface area contributed by atoms with Crippen molar-refractivity contribution in [2.45, 2.75) is 24.8 Å². The first-order valence-electron chi connectivity index (χ1n) is 8.77. The minimum absolute atomic E-state index is 0.177. The van der Waals surface area contributed by atoms with Crippen LogP contribution in [0.5, 0.6) is 5.75 Å². The van der Waals surface area contributed by atoms with Crippen molar-refractivity contribution >= 4 is 26.7 Å². The number of amides is 1. The molecule has 0 N–H and O–H groups in total. The zero-order valence-corrected chi connectivity index (χ0v) is 17.3. The quantitative estimate of drug-likeness (QED) is 0.646. The fourth-order valence-corrected chi connectivity index (χ4v) is 3.79. The average molecular weight is 401 g/mol. The highest BCUT2D eigenvalue weighted by molar-refractivity contribution is 7.90. The van der Waals surface area contributed by atoms with Crippen LogP contribution in [0.2, 0.25) is 0 Å². The first-order valence-corrected chi connectivity index (χ1v) is 10.7. The largest absolute Gasteiger partial charge is 0.497 e. The van der Waals surface area contributed by atoms with Gasteiger partial charge in [-0.2, -0.15) is 0 Å². The van der Waals surface area contributed by atoms with E-state index in [9.17, 15) is 13.2 Å². The van der Waals surface area contributed by atoms with Crippen LogP contribution in [0.4, 0.5) is 0 Å². The van der Waals surface area contributed by atoms with Crippen LogP contribution in [0.1, 0.15) is 34.6 Å². The Morgan fingerprint density at radius 1 is 1.14 bits per heavy atom. The van der Waals surface area contributed by atoms with Gasteiger partial charge in [-0.25, -0.2) is 8.42 Å². The molecule has 1 aromatic heterocycles. The molecular formula is C21H23NO5S. The molecule has 0 saturated heterocycles. The average Bonchev–Trinajstić information content (AvgIpc) is 3.00. The Morgan fingerprint density at radius 3 is 2.36 bits per heavy atom. The second-order valence-electron chi connectivity index (χ2n) is 6.83. The fraction of sp³-hybridized carbons (Fsp3) is 0.286. The molecule has 3 rings (SSSR count). The van der Waals surface area contributed by atoms with E-state index in [2.05, 4.69) is 0 Å². The van der Waals surface area contributed by atoms with Gasteiger partial charge in [0, 0.05) is 18.7 Å². The molecule has 2 aromatic carbocycles. The first kappa shape index (κ1) is 19.9. The van der Waals surface area contributed by atoms with E-state index < -0.39 is 9.84 Å². The topological polar surface area (TPSA) is 76.8 Å². The fourth-order valence-electron chi connectivity index (χ4n) is 3.16. The van der Waals surface area contributed by atoms with Gasteiger partial charge in [0.15, 0.2) is 9.84 Å². The predicted octanol–water partition coefficient (Wildman–Crippen LogP) is 3.99. The molecule has 0 aliphatic heterocycles. The summed E-state index contributed by atoms with van der Waals surface area (Å²) in [5, 5.41) is 0.702. The molecule has 1 amide bonds. The lowest BCUT2D eigenvalue weighted by Crippen LogP contribution is -2.30. The van der Waals surface area contributed by atoms with Crippen molar-refractivity contribution in [1.82, 2.24) is 4.90 Å². The Balaban J connectivity index is 1.94. The summed E-state index contributed by atoms with van der Waals surface area (Å²) in [4.78, 5) is 15.1. The van der Waals surface area contributed by atoms with Gasteiger partial charge in [0.25, 0.3) is 5.91 Å². The van der Waals surface area contributed by atoms with E-state index in [1.54, 1.807) is 68.4 Å². The van der Waals surface area contributed by atoms with E-state index in [4.69, 9.17) is 9.15 Å². The third-order valence-corrected chi connectivity index (χ3v) is 6.11. The highest BCUT2D eigenvalue weighted by atomic mass is 32.2. The molecule has 1 heterocycles. The van der Waals surface area contributed by atoms with Gasteiger partial charge < -0.3 is 14.1 Å². The van der Waals surface area contributed by atoms with E-state index >= 15 is 0 Å². The Hall–Kier alpha value is -2.80. The molecule has 0 aliphatic rings. The zero-order valence-electron chi connectivity index (χ0n) is 16.5. The summed E-state index contributed by atoms with van der Waals surface area (Å²) in [5.41, 5.74) is 1.96. The van der Waals surface area contributed by atoms with Crippen LogP contribution in [0.25, 0.3) is 11.0 Å². The molecule has 0 bridgehead atoms. The number of carbonyl (C=O) groups is 1. The van der Waals surface area contributed by atoms with Crippen molar-refractivity contribution in [2.24, 2.45) is 0 Å². The summed E-state index contributed by atoms with van der Waals surface area (Å²) >= 11 is 0. The summed E-state index contributed by atoms with van der Waals surface area (Å²) in [6.45, 7) is 3.66. The van der Waals surface area contributed by atoms with Crippen LogP contribution in [-0.4, -0.2) is 39.6 Å². The molecule has 1 unspecified atom stereocenters. The molecule has 7 heteroatoms. The van der Waals surface area contributed by atoms with Crippen LogP contribution in [0, 0.1) is 6.92 Å². The summed E-state index contributed by atoms with van der Waals surface area (Å²) in [5.74, 6) is 1.01. The first-order chi connectivity index (χ1) is 13.1. The predicted molar refractivity (Wildman–Crippen MR) is 108 cm³/mol. The molecule has 0 radical (unpaired) electrons. The molecule has 148 valence electrons. The summed E-state index contributed by atoms with van der Waals surface area (Å²) in [7, 11) is 0.0329. The number of methoxy groups -OCH3 is 1. The van der Waals surface area contributed by atoms with E-state index in [0.717, 1.165) is 5.56 Å². The maximum atomic E-state index is 13.2. The van der Waals surface area contributed by atoms with Gasteiger partial charge in [-0.05, 0) is 49.7 Å². The van der Waals surface area contributed by atoms with Gasteiger partial charge in [0.2, 0.25) is 0 Å². The van der Waals surface area contributed by atoms with E-state index in [0.29, 0.717) is 28.0 Å². The van der Waals surface area contributed by atoms with Gasteiger partial charge >= 0.3 is 0 Å². The molecule has 0 fully saturated rings. The lowest BCUT2D eigenvalue weighted by Gasteiger charge is -2.25. The Bertz CT molecular complexity index is 1130. The van der Waals surface area contributed by atoms with Crippen molar-refractivity contribution in [3.63, 3.8) is 0 Å². The minimum Gasteiger partial charge on any atom is -0.497 e. The number of sulfone groups is 1. The number of aryl methyl sites for hydroxylation is 1. The molecule has 28 heavy (non-hydrogen) atoms. The Morgan fingerprint density at radius 2 is 1.79 bits per heavy atom. The molecule has 0 spiro atoms. The third kappa shape index (κ3) is 3.62. The summed E-state index contributed by atoms with van der Waals surface area (Å²) in [6, 6.07) is 11.7. The Labute approximate surface area is 164 Å². The normalized spacial score (nSPS) is 12.8. The van der Waals surface area contributed by atoms with Crippen molar-refractivity contribution in [3.05, 3.63) is 59.4 Å². The lowest BCUT2D eigenvalue weighted by atomic mass is 10.0. The lowest BCUT2D eigenvalue weighted by molar-refractivity contribution is 0.0742. The number of fused-ring (bicyclic) bond motifs is 1. The van der Waals surface area contributed by atoms with Crippen molar-refractivity contribution in [2.75, 3.05) is 20.4 Å². The van der Waals surface area contributed by atoms with Crippen molar-refractivity contribution in [3.8, 4) is 5.75 Å². The van der Waals surface area contributed by atoms with E-state index in [1.165, 1.54) is 6.26 Å². The number of furan rings is 1. The molecule has 0 aliphatic carbocycles. The minimum atomic E-state index is -3.26. The highest BCUT2D eigenvalue weighted by Crippen LogP contribution is 2.31. The van der Waals surface area contributed by atoms with E-state index in [1.807, 2.05) is 6.92 Å². The summed E-state index contributed by atoms with van der Waals surface area (Å²) < 4.78 is 34.3. The van der Waals surface area contributed by atoms with Crippen LogP contribution in [-0.2, 0) is 9.84 Å². The van der Waals surface area contributed by atoms with Gasteiger partial charge in [0.1, 0.15) is 17.1 Å². The van der Waals surface area contributed by atoms with Gasteiger partial charge in [-0.15, -0.1) is 0 Å². The van der Waals surface area contributed by atoms with Crippen molar-refractivity contribution in [1.29, 1.82) is 0 Å². The number of benzene rings is 2. The number of ether oxygens (including phenoxy) is 1. The summed E-state index contributed by atoms with van der Waals surface area (Å²) in [6.07, 6.45) is 1.17. The zero-order chi connectivity index (χ0) is 20.6. The monoisotopic (exact) mass is 401 g/mol. The second kappa shape index (κ2) is 7.31. The van der Waals surface area contributed by atoms with Gasteiger partial charge in [0.05, 0.1) is 23.6 Å². The second-order valence-corrected chi connectivity index (χ2v) is 8.84. The van der Waals surface area contributed by atoms with Crippen LogP contribution >= 0.6 is 0 Å².